The monoisotopic (exact) mass is 257 g/mol. The third-order valence-electron chi connectivity index (χ3n) is 2.07. The maximum absolute atomic E-state index is 11.9. The lowest BCUT2D eigenvalue weighted by Crippen LogP contribution is -2.36. The van der Waals surface area contributed by atoms with Crippen LogP contribution in [-0.2, 0) is 4.74 Å². The van der Waals surface area contributed by atoms with Gasteiger partial charge in [0.05, 0.1) is 17.2 Å². The van der Waals surface area contributed by atoms with Crippen LogP contribution in [0.3, 0.4) is 0 Å². The van der Waals surface area contributed by atoms with Crippen molar-refractivity contribution in [2.75, 3.05) is 18.9 Å². The molecule has 0 saturated heterocycles. The van der Waals surface area contributed by atoms with Gasteiger partial charge in [-0.15, -0.1) is 0 Å². The highest BCUT2D eigenvalue weighted by Crippen LogP contribution is 2.16. The number of hydrogen-bond donors (Lipinski definition) is 2. The Morgan fingerprint density at radius 2 is 2.41 bits per heavy atom. The van der Waals surface area contributed by atoms with Crippen molar-refractivity contribution >= 4 is 23.3 Å². The van der Waals surface area contributed by atoms with Crippen LogP contribution in [0.25, 0.3) is 0 Å². The van der Waals surface area contributed by atoms with Gasteiger partial charge >= 0.3 is 0 Å². The highest BCUT2D eigenvalue weighted by atomic mass is 35.5. The smallest absolute Gasteiger partial charge is 0.253 e. The van der Waals surface area contributed by atoms with E-state index in [2.05, 4.69) is 10.3 Å². The number of nitrogens with two attached hydrogens (primary N) is 1. The zero-order chi connectivity index (χ0) is 12.8. The maximum Gasteiger partial charge on any atom is 0.253 e. The van der Waals surface area contributed by atoms with Crippen molar-refractivity contribution < 1.29 is 9.53 Å². The molecule has 1 unspecified atom stereocenters. The summed E-state index contributed by atoms with van der Waals surface area (Å²) in [7, 11) is 0. The number of anilines is 1. The molecule has 0 aliphatic carbocycles. The van der Waals surface area contributed by atoms with Crippen LogP contribution in [0.4, 0.5) is 5.82 Å². The van der Waals surface area contributed by atoms with E-state index in [4.69, 9.17) is 22.1 Å². The van der Waals surface area contributed by atoms with Gasteiger partial charge in [-0.25, -0.2) is 4.98 Å². The molecule has 0 saturated carbocycles. The SMILES string of the molecule is CCOCC(C)NC(=O)c1cc(N)ncc1Cl. The summed E-state index contributed by atoms with van der Waals surface area (Å²) < 4.78 is 5.20. The molecule has 0 radical (unpaired) electrons. The van der Waals surface area contributed by atoms with Crippen LogP contribution < -0.4 is 11.1 Å². The van der Waals surface area contributed by atoms with Gasteiger partial charge in [-0.1, -0.05) is 11.6 Å². The minimum Gasteiger partial charge on any atom is -0.384 e. The fourth-order valence-corrected chi connectivity index (χ4v) is 1.46. The lowest BCUT2D eigenvalue weighted by molar-refractivity contribution is 0.0872. The normalized spacial score (nSPS) is 12.2. The maximum atomic E-state index is 11.9. The molecular formula is C11H16ClN3O2. The van der Waals surface area contributed by atoms with Gasteiger partial charge < -0.3 is 15.8 Å². The van der Waals surface area contributed by atoms with Crippen molar-refractivity contribution in [1.82, 2.24) is 10.3 Å². The van der Waals surface area contributed by atoms with E-state index >= 15 is 0 Å². The number of amides is 1. The van der Waals surface area contributed by atoms with Crippen LogP contribution in [0.1, 0.15) is 24.2 Å². The molecule has 3 N–H and O–H groups in total. The van der Waals surface area contributed by atoms with Crippen molar-refractivity contribution in [2.24, 2.45) is 0 Å². The number of carbonyl (C=O) groups is 1. The second kappa shape index (κ2) is 6.42. The van der Waals surface area contributed by atoms with Gasteiger partial charge in [0.2, 0.25) is 0 Å². The molecule has 94 valence electrons. The van der Waals surface area contributed by atoms with Crippen LogP contribution in [-0.4, -0.2) is 30.1 Å². The Bertz CT molecular complexity index is 398. The minimum atomic E-state index is -0.281. The Kier molecular flexibility index (Phi) is 5.18. The fourth-order valence-electron chi connectivity index (χ4n) is 1.27. The molecule has 1 amide bonds. The van der Waals surface area contributed by atoms with Crippen LogP contribution in [0.5, 0.6) is 0 Å². The number of rotatable bonds is 5. The zero-order valence-corrected chi connectivity index (χ0v) is 10.6. The molecule has 0 aromatic carbocycles. The van der Waals surface area contributed by atoms with Crippen molar-refractivity contribution in [3.8, 4) is 0 Å². The number of nitrogens with zero attached hydrogens (tertiary/aromatic N) is 1. The molecule has 1 rings (SSSR count). The summed E-state index contributed by atoms with van der Waals surface area (Å²) in [5, 5.41) is 3.05. The number of halogens is 1. The average Bonchev–Trinajstić information content (AvgIpc) is 2.29. The number of aromatic nitrogens is 1. The van der Waals surface area contributed by atoms with E-state index in [0.29, 0.717) is 18.8 Å². The summed E-state index contributed by atoms with van der Waals surface area (Å²) in [6.45, 7) is 4.82. The van der Waals surface area contributed by atoms with Crippen LogP contribution >= 0.6 is 11.6 Å². The first kappa shape index (κ1) is 13.7. The van der Waals surface area contributed by atoms with E-state index in [1.54, 1.807) is 0 Å². The number of ether oxygens (including phenoxy) is 1. The van der Waals surface area contributed by atoms with Gasteiger partial charge in [0.25, 0.3) is 5.91 Å². The van der Waals surface area contributed by atoms with E-state index in [9.17, 15) is 4.79 Å². The van der Waals surface area contributed by atoms with Crippen LogP contribution in [0, 0.1) is 0 Å². The summed E-state index contributed by atoms with van der Waals surface area (Å²) in [6, 6.07) is 1.36. The minimum absolute atomic E-state index is 0.0899. The first-order valence-corrected chi connectivity index (χ1v) is 5.72. The molecule has 17 heavy (non-hydrogen) atoms. The van der Waals surface area contributed by atoms with Crippen molar-refractivity contribution in [1.29, 1.82) is 0 Å². The predicted octanol–water partition coefficient (Wildman–Crippen LogP) is 1.47. The topological polar surface area (TPSA) is 77.2 Å². The molecule has 0 bridgehead atoms. The summed E-state index contributed by atoms with van der Waals surface area (Å²) in [4.78, 5) is 15.6. The third-order valence-corrected chi connectivity index (χ3v) is 2.37. The number of nitrogens with one attached hydrogen (secondary N) is 1. The lowest BCUT2D eigenvalue weighted by Gasteiger charge is -2.14. The molecule has 1 heterocycles. The van der Waals surface area contributed by atoms with Crippen molar-refractivity contribution in [3.63, 3.8) is 0 Å². The Labute approximate surface area is 105 Å². The first-order valence-electron chi connectivity index (χ1n) is 5.34. The zero-order valence-electron chi connectivity index (χ0n) is 9.87. The molecule has 6 heteroatoms. The molecule has 0 aliphatic heterocycles. The standard InChI is InChI=1S/C11H16ClN3O2/c1-3-17-6-7(2)15-11(16)8-4-10(13)14-5-9(8)12/h4-5,7H,3,6H2,1-2H3,(H2,13,14)(H,15,16). The Hall–Kier alpha value is -1.33. The number of pyridine rings is 1. The van der Waals surface area contributed by atoms with Gasteiger partial charge in [-0.3, -0.25) is 4.79 Å². The molecule has 0 fully saturated rings. The first-order chi connectivity index (χ1) is 8.04. The summed E-state index contributed by atoms with van der Waals surface area (Å²) >= 11 is 5.87. The fraction of sp³-hybridized carbons (Fsp3) is 0.455. The number of nitrogen functional groups attached to an aromatic ring is 1. The number of hydrogen-bond acceptors (Lipinski definition) is 4. The largest absolute Gasteiger partial charge is 0.384 e. The van der Waals surface area contributed by atoms with E-state index in [0.717, 1.165) is 0 Å². The van der Waals surface area contributed by atoms with Gasteiger partial charge in [0, 0.05) is 18.8 Å². The van der Waals surface area contributed by atoms with E-state index in [1.807, 2.05) is 13.8 Å². The van der Waals surface area contributed by atoms with Crippen molar-refractivity contribution in [3.05, 3.63) is 22.8 Å². The summed E-state index contributed by atoms with van der Waals surface area (Å²) in [5.74, 6) is -0.0201. The van der Waals surface area contributed by atoms with Crippen LogP contribution in [0.2, 0.25) is 5.02 Å². The van der Waals surface area contributed by atoms with Gasteiger partial charge in [-0.05, 0) is 19.9 Å². The van der Waals surface area contributed by atoms with E-state index in [1.165, 1.54) is 12.3 Å². The van der Waals surface area contributed by atoms with Gasteiger partial charge in [-0.2, -0.15) is 0 Å². The molecule has 1 aromatic heterocycles. The quantitative estimate of drug-likeness (QED) is 0.838. The molecule has 5 nitrogen and oxygen atoms in total. The highest BCUT2D eigenvalue weighted by molar-refractivity contribution is 6.33. The van der Waals surface area contributed by atoms with Gasteiger partial charge in [0.15, 0.2) is 0 Å². The Balaban J connectivity index is 2.66. The lowest BCUT2D eigenvalue weighted by atomic mass is 10.2. The average molecular weight is 258 g/mol. The molecule has 1 aromatic rings. The van der Waals surface area contributed by atoms with E-state index in [-0.39, 0.29) is 22.8 Å². The summed E-state index contributed by atoms with van der Waals surface area (Å²) in [5.41, 5.74) is 5.82. The Morgan fingerprint density at radius 1 is 1.71 bits per heavy atom. The predicted molar refractivity (Wildman–Crippen MR) is 67.1 cm³/mol. The second-order valence-corrected chi connectivity index (χ2v) is 4.03. The van der Waals surface area contributed by atoms with Crippen LogP contribution in [0.15, 0.2) is 12.3 Å². The molecule has 0 spiro atoms. The second-order valence-electron chi connectivity index (χ2n) is 3.62. The Morgan fingerprint density at radius 3 is 3.06 bits per heavy atom. The molecule has 1 atom stereocenters. The van der Waals surface area contributed by atoms with E-state index < -0.39 is 0 Å². The highest BCUT2D eigenvalue weighted by Gasteiger charge is 2.13. The van der Waals surface area contributed by atoms with Crippen molar-refractivity contribution in [2.45, 2.75) is 19.9 Å². The van der Waals surface area contributed by atoms with Gasteiger partial charge in [0.1, 0.15) is 5.82 Å². The summed E-state index contributed by atoms with van der Waals surface area (Å²) in [6.07, 6.45) is 1.36. The molecular weight excluding hydrogens is 242 g/mol. The molecule has 0 aliphatic rings. The third kappa shape index (κ3) is 4.20. The number of carbonyl (C=O) groups excluding carboxylic acids is 1.